The van der Waals surface area contributed by atoms with Gasteiger partial charge in [-0.05, 0) is 139 Å². The fraction of sp³-hybridized carbons (Fsp3) is 0.696. The van der Waals surface area contributed by atoms with Crippen LogP contribution >= 0.6 is 0 Å². The molecule has 1 aliphatic carbocycles. The normalized spacial score (nSPS) is 37.9. The van der Waals surface area contributed by atoms with Crippen molar-refractivity contribution in [1.29, 1.82) is 0 Å². The Morgan fingerprint density at radius 1 is 0.873 bits per heavy atom. The van der Waals surface area contributed by atoms with E-state index in [9.17, 15) is 39.3 Å². The molecule has 71 heavy (non-hydrogen) atoms. The summed E-state index contributed by atoms with van der Waals surface area (Å²) in [5.41, 5.74) is 1.59. The number of fused-ring (bicyclic) bond motifs is 3. The molecule has 15 nitrogen and oxygen atoms in total. The predicted molar refractivity (Wildman–Crippen MR) is 273 cm³/mol. The lowest BCUT2D eigenvalue weighted by Gasteiger charge is -2.43. The lowest BCUT2D eigenvalue weighted by atomic mass is 9.78. The average Bonchev–Trinajstić information content (AvgIpc) is 3.35. The number of carbonyl (C=O) groups is 4. The molecule has 4 aliphatic rings. The highest BCUT2D eigenvalue weighted by molar-refractivity contribution is 6.39. The number of carbonyl (C=O) groups excluding carboxylic acids is 4. The first-order chi connectivity index (χ1) is 33.7. The van der Waals surface area contributed by atoms with Gasteiger partial charge in [0, 0.05) is 45.8 Å². The topological polar surface area (TPSA) is 205 Å². The Hall–Kier alpha value is -4.25. The van der Waals surface area contributed by atoms with E-state index < -0.39 is 77.9 Å². The number of pyridine rings is 1. The van der Waals surface area contributed by atoms with Gasteiger partial charge >= 0.3 is 5.97 Å². The number of Topliss-reactive ketones (excluding diaryl/α,β-unsaturated/α-hetero) is 2. The Morgan fingerprint density at radius 3 is 2.32 bits per heavy atom. The minimum absolute atomic E-state index is 0.0187. The number of aromatic amines is 1. The fourth-order valence-corrected chi connectivity index (χ4v) is 11.4. The number of allylic oxidation sites excluding steroid dienone is 6. The lowest BCUT2D eigenvalue weighted by Crippen LogP contribution is -2.61. The van der Waals surface area contributed by atoms with Crippen LogP contribution < -0.4 is 10.5 Å². The molecule has 0 radical (unpaired) electrons. The van der Waals surface area contributed by atoms with Gasteiger partial charge in [-0.15, -0.1) is 0 Å². The van der Waals surface area contributed by atoms with Crippen LogP contribution in [-0.2, 0) is 38.1 Å². The zero-order chi connectivity index (χ0) is 52.2. The van der Waals surface area contributed by atoms with Gasteiger partial charge < -0.3 is 49.1 Å². The quantitative estimate of drug-likeness (QED) is 0.122. The molecule has 2 saturated heterocycles. The number of hydrogen-bond donors (Lipinski definition) is 4. The second-order valence-corrected chi connectivity index (χ2v) is 21.5. The summed E-state index contributed by atoms with van der Waals surface area (Å²) in [5.74, 6) is -6.52. The molecule has 3 aliphatic heterocycles. The minimum Gasteiger partial charge on any atom is -0.461 e. The number of aliphatic hydroxyl groups is 3. The van der Waals surface area contributed by atoms with Gasteiger partial charge in [-0.1, -0.05) is 76.6 Å². The summed E-state index contributed by atoms with van der Waals surface area (Å²) in [6, 6.07) is 1.96. The number of rotatable bonds is 7. The maximum atomic E-state index is 14.5. The molecule has 1 saturated carbocycles. The van der Waals surface area contributed by atoms with E-state index in [2.05, 4.69) is 4.98 Å². The maximum absolute atomic E-state index is 14.5. The summed E-state index contributed by atoms with van der Waals surface area (Å²) in [4.78, 5) is 76.3. The van der Waals surface area contributed by atoms with Crippen molar-refractivity contribution in [2.75, 3.05) is 32.7 Å². The number of esters is 1. The van der Waals surface area contributed by atoms with E-state index in [1.165, 1.54) is 12.0 Å². The van der Waals surface area contributed by atoms with Gasteiger partial charge in [-0.25, -0.2) is 4.79 Å². The van der Waals surface area contributed by atoms with Gasteiger partial charge in [0.05, 0.1) is 24.4 Å². The van der Waals surface area contributed by atoms with Crippen molar-refractivity contribution in [3.63, 3.8) is 0 Å². The Balaban J connectivity index is 1.50. The van der Waals surface area contributed by atoms with Gasteiger partial charge in [-0.2, -0.15) is 0 Å². The molecule has 5 rings (SSSR count). The number of hydrogen-bond acceptors (Lipinski definition) is 13. The molecule has 1 unspecified atom stereocenters. The SMILES string of the molecule is CO[C@@H]1C[C@H](C[C@@H](C)[C@@H]2CC[C@H](C)/C=C(\C)[C@@H](O)[C@@H](OC)C(=O)[C@H](C)C[C@H](C)/C=C/C=C/C=C(\C)C(N(C)c3ccc[nH]c3=O)C[C@@H]3CC[C@@H](C)[C@@](O)(O3)C(=O)C(=O)N3CCCC[C@H]3C(=O)O2)CC[C@H]1O. The van der Waals surface area contributed by atoms with Crippen molar-refractivity contribution in [2.45, 2.75) is 186 Å². The van der Waals surface area contributed by atoms with Crippen LogP contribution in [0.5, 0.6) is 0 Å². The number of aromatic nitrogens is 1. The van der Waals surface area contributed by atoms with Crippen molar-refractivity contribution in [3.8, 4) is 0 Å². The van der Waals surface area contributed by atoms with E-state index in [0.29, 0.717) is 75.5 Å². The minimum atomic E-state index is -2.47. The molecule has 1 aromatic rings. The van der Waals surface area contributed by atoms with Crippen LogP contribution in [0, 0.1) is 35.5 Å². The molecule has 15 heteroatoms. The highest BCUT2D eigenvalue weighted by Gasteiger charge is 2.53. The summed E-state index contributed by atoms with van der Waals surface area (Å²) in [6.45, 7) is 13.5. The van der Waals surface area contributed by atoms with E-state index in [-0.39, 0.29) is 60.5 Å². The van der Waals surface area contributed by atoms with Crippen molar-refractivity contribution in [3.05, 3.63) is 76.3 Å². The van der Waals surface area contributed by atoms with E-state index in [0.717, 1.165) is 12.0 Å². The number of aliphatic hydroxyl groups excluding tert-OH is 2. The molecule has 4 heterocycles. The summed E-state index contributed by atoms with van der Waals surface area (Å²) >= 11 is 0. The zero-order valence-corrected chi connectivity index (χ0v) is 44.1. The number of anilines is 1. The Kier molecular flexibility index (Phi) is 21.6. The smallest absolute Gasteiger partial charge is 0.329 e. The highest BCUT2D eigenvalue weighted by atomic mass is 16.6. The van der Waals surface area contributed by atoms with Crippen LogP contribution in [0.3, 0.4) is 0 Å². The average molecular weight is 992 g/mol. The van der Waals surface area contributed by atoms with Gasteiger partial charge in [0.1, 0.15) is 30.0 Å². The predicted octanol–water partition coefficient (Wildman–Crippen LogP) is 7.18. The van der Waals surface area contributed by atoms with Crippen molar-refractivity contribution in [1.82, 2.24) is 9.88 Å². The molecule has 2 bridgehead atoms. The maximum Gasteiger partial charge on any atom is 0.329 e. The number of H-pyrrole nitrogens is 1. The molecule has 15 atom stereocenters. The number of ether oxygens (including phenoxy) is 4. The zero-order valence-electron chi connectivity index (χ0n) is 44.1. The van der Waals surface area contributed by atoms with Gasteiger partial charge in [0.25, 0.3) is 17.2 Å². The highest BCUT2D eigenvalue weighted by Crippen LogP contribution is 2.38. The monoisotopic (exact) mass is 992 g/mol. The molecule has 396 valence electrons. The molecular weight excluding hydrogens is 907 g/mol. The third kappa shape index (κ3) is 14.9. The number of nitrogens with zero attached hydrogens (tertiary/aromatic N) is 2. The Bertz CT molecular complexity index is 2130. The largest absolute Gasteiger partial charge is 0.461 e. The second kappa shape index (κ2) is 26.6. The second-order valence-electron chi connectivity index (χ2n) is 21.5. The standard InChI is InChI=1S/C56H85N3O12/c1-34-17-12-11-13-18-36(3)45(58(8)43-20-16-27-57-53(43)64)33-42-24-22-40(7)56(67,71-42)52(63)54(65)59-28-15-14-19-44(59)55(66)70-47(37(4)31-41-23-25-46(60)48(32-41)68-9)26-21-35(2)30-39(6)50(62)51(69-10)49(61)38(5)29-34/h11-13,16-18,20,27,30,34-35,37-38,40-42,44-48,50-51,60,62,67H,14-15,19,21-26,28-29,31-33H2,1-10H3,(H,57,64)/b13-11+,17-12+,36-18+,39-30+/t34-,35+,37-,38-,40-,41+,42+,44+,45?,46-,47+,48-,50-,51+,56-/m1/s1. The number of cyclic esters (lactones) is 1. The first kappa shape index (κ1) is 57.6. The first-order valence-electron chi connectivity index (χ1n) is 26.2. The van der Waals surface area contributed by atoms with Crippen LogP contribution in [-0.4, -0.2) is 131 Å². The first-order valence-corrected chi connectivity index (χ1v) is 26.2. The Labute approximate surface area is 422 Å². The molecule has 1 aromatic heterocycles. The van der Waals surface area contributed by atoms with Crippen LogP contribution in [0.15, 0.2) is 70.7 Å². The number of methoxy groups -OCH3 is 2. The third-order valence-corrected chi connectivity index (χ3v) is 15.9. The molecule has 1 amide bonds. The van der Waals surface area contributed by atoms with Gasteiger partial charge in [-0.3, -0.25) is 19.2 Å². The summed E-state index contributed by atoms with van der Waals surface area (Å²) in [7, 11) is 4.85. The molecule has 3 fully saturated rings. The van der Waals surface area contributed by atoms with Gasteiger partial charge in [0.2, 0.25) is 5.79 Å². The number of ketones is 2. The molecule has 4 N–H and O–H groups in total. The molecular formula is C56H85N3O12. The summed E-state index contributed by atoms with van der Waals surface area (Å²) in [5, 5.41) is 34.3. The Morgan fingerprint density at radius 2 is 1.62 bits per heavy atom. The van der Waals surface area contributed by atoms with Crippen molar-refractivity contribution < 1.29 is 53.4 Å². The van der Waals surface area contributed by atoms with Crippen LogP contribution in [0.4, 0.5) is 5.69 Å². The summed E-state index contributed by atoms with van der Waals surface area (Å²) in [6.07, 6.45) is 15.7. The number of nitrogens with one attached hydrogen (secondary N) is 1. The summed E-state index contributed by atoms with van der Waals surface area (Å²) < 4.78 is 24.1. The van der Waals surface area contributed by atoms with Crippen LogP contribution in [0.25, 0.3) is 0 Å². The fourth-order valence-electron chi connectivity index (χ4n) is 11.4. The van der Waals surface area contributed by atoms with Crippen LogP contribution in [0.1, 0.15) is 132 Å². The van der Waals surface area contributed by atoms with E-state index in [1.807, 2.05) is 76.0 Å². The number of likely N-dealkylation sites (N-methyl/N-ethyl adjacent to an activating group) is 1. The van der Waals surface area contributed by atoms with Crippen molar-refractivity contribution in [2.24, 2.45) is 35.5 Å². The molecule has 0 spiro atoms. The number of amides is 1. The van der Waals surface area contributed by atoms with E-state index >= 15 is 0 Å². The van der Waals surface area contributed by atoms with Crippen molar-refractivity contribution >= 4 is 29.1 Å². The van der Waals surface area contributed by atoms with E-state index in [4.69, 9.17) is 18.9 Å². The molecule has 0 aromatic carbocycles. The van der Waals surface area contributed by atoms with Gasteiger partial charge in [0.15, 0.2) is 5.78 Å². The number of piperidine rings is 1. The van der Waals surface area contributed by atoms with Crippen LogP contribution in [0.2, 0.25) is 0 Å². The third-order valence-electron chi connectivity index (χ3n) is 15.9. The van der Waals surface area contributed by atoms with E-state index in [1.54, 1.807) is 46.3 Å². The lowest BCUT2D eigenvalue weighted by molar-refractivity contribution is -0.263.